The lowest BCUT2D eigenvalue weighted by atomic mass is 10.4. The van der Waals surface area contributed by atoms with Crippen molar-refractivity contribution in [3.8, 4) is 0 Å². The van der Waals surface area contributed by atoms with Crippen LogP contribution in [0.5, 0.6) is 0 Å². The van der Waals surface area contributed by atoms with Gasteiger partial charge >= 0.3 is 0 Å². The maximum Gasteiger partial charge on any atom is 0.187 e. The minimum Gasteiger partial charge on any atom is -0.290 e. The van der Waals surface area contributed by atoms with Gasteiger partial charge in [-0.1, -0.05) is 0 Å². The van der Waals surface area contributed by atoms with E-state index in [0.29, 0.717) is 16.9 Å². The molecule has 0 amide bonds. The minimum absolute atomic E-state index is 0.417. The summed E-state index contributed by atoms with van der Waals surface area (Å²) in [7, 11) is 0. The van der Waals surface area contributed by atoms with Crippen molar-refractivity contribution >= 4 is 28.6 Å². The zero-order valence-electron chi connectivity index (χ0n) is 6.77. The fourth-order valence-corrected chi connectivity index (χ4v) is 1.61. The Morgan fingerprint density at radius 1 is 1.54 bits per heavy atom. The van der Waals surface area contributed by atoms with Crippen LogP contribution < -0.4 is 5.48 Å². The van der Waals surface area contributed by atoms with E-state index in [2.05, 4.69) is 20.2 Å². The van der Waals surface area contributed by atoms with Gasteiger partial charge in [-0.25, -0.2) is 9.97 Å². The van der Waals surface area contributed by atoms with Crippen molar-refractivity contribution in [2.75, 3.05) is 11.7 Å². The van der Waals surface area contributed by atoms with Crippen molar-refractivity contribution in [2.45, 2.75) is 5.03 Å². The van der Waals surface area contributed by atoms with E-state index < -0.39 is 0 Å². The first-order chi connectivity index (χ1) is 6.36. The summed E-state index contributed by atoms with van der Waals surface area (Å²) < 4.78 is 0. The first-order valence-electron chi connectivity index (χ1n) is 3.50. The fraction of sp³-hybridized carbons (Fsp3) is 0.167. The van der Waals surface area contributed by atoms with Crippen molar-refractivity contribution in [1.82, 2.24) is 20.2 Å². The molecule has 2 rings (SSSR count). The third-order valence-electron chi connectivity index (χ3n) is 1.62. The van der Waals surface area contributed by atoms with Gasteiger partial charge in [0.05, 0.1) is 5.39 Å². The molecule has 0 atom stereocenters. The molecule has 3 N–H and O–H groups in total. The number of H-pyrrole nitrogens is 1. The lowest BCUT2D eigenvalue weighted by Gasteiger charge is -1.97. The van der Waals surface area contributed by atoms with Crippen LogP contribution in [0.4, 0.5) is 5.82 Å². The Morgan fingerprint density at radius 3 is 3.08 bits per heavy atom. The number of thioether (sulfide) groups is 1. The number of fused-ring (bicyclic) bond motifs is 1. The van der Waals surface area contributed by atoms with E-state index in [1.165, 1.54) is 18.1 Å². The molecule has 2 aromatic heterocycles. The molecule has 0 spiro atoms. The van der Waals surface area contributed by atoms with E-state index in [0.717, 1.165) is 5.03 Å². The Hall–Kier alpha value is -1.34. The molecule has 0 radical (unpaired) electrons. The van der Waals surface area contributed by atoms with Crippen LogP contribution in [0.15, 0.2) is 11.4 Å². The first kappa shape index (κ1) is 8.27. The lowest BCUT2D eigenvalue weighted by Crippen LogP contribution is -1.91. The van der Waals surface area contributed by atoms with Crippen molar-refractivity contribution in [1.29, 1.82) is 0 Å². The van der Waals surface area contributed by atoms with E-state index in [9.17, 15) is 0 Å². The number of rotatable bonds is 2. The summed E-state index contributed by atoms with van der Waals surface area (Å²) in [5.41, 5.74) is 2.55. The van der Waals surface area contributed by atoms with Gasteiger partial charge in [-0.05, 0) is 6.26 Å². The van der Waals surface area contributed by atoms with E-state index in [1.54, 1.807) is 0 Å². The molecule has 13 heavy (non-hydrogen) atoms. The molecule has 0 fully saturated rings. The second kappa shape index (κ2) is 3.19. The van der Waals surface area contributed by atoms with Gasteiger partial charge in [0.1, 0.15) is 11.4 Å². The second-order valence-corrected chi connectivity index (χ2v) is 3.09. The van der Waals surface area contributed by atoms with Gasteiger partial charge < -0.3 is 0 Å². The van der Waals surface area contributed by atoms with Crippen molar-refractivity contribution < 1.29 is 5.21 Å². The molecule has 0 bridgehead atoms. The van der Waals surface area contributed by atoms with Gasteiger partial charge in [0.2, 0.25) is 0 Å². The molecule has 68 valence electrons. The quantitative estimate of drug-likeness (QED) is 0.376. The zero-order valence-corrected chi connectivity index (χ0v) is 7.59. The van der Waals surface area contributed by atoms with E-state index >= 15 is 0 Å². The summed E-state index contributed by atoms with van der Waals surface area (Å²) in [5, 5.41) is 16.7. The van der Waals surface area contributed by atoms with Crippen LogP contribution in [0.3, 0.4) is 0 Å². The lowest BCUT2D eigenvalue weighted by molar-refractivity contribution is 0.386. The number of nitrogens with zero attached hydrogens (tertiary/aromatic N) is 3. The molecule has 0 aliphatic rings. The average molecular weight is 197 g/mol. The molecule has 6 nitrogen and oxygen atoms in total. The third-order valence-corrected chi connectivity index (χ3v) is 2.32. The van der Waals surface area contributed by atoms with Gasteiger partial charge in [-0.3, -0.25) is 15.8 Å². The topological polar surface area (TPSA) is 86.7 Å². The molecule has 2 heterocycles. The summed E-state index contributed by atoms with van der Waals surface area (Å²) >= 11 is 1.47. The second-order valence-electron chi connectivity index (χ2n) is 2.29. The van der Waals surface area contributed by atoms with Gasteiger partial charge in [-0.2, -0.15) is 5.10 Å². The normalized spacial score (nSPS) is 10.6. The summed E-state index contributed by atoms with van der Waals surface area (Å²) in [6.07, 6.45) is 3.34. The highest BCUT2D eigenvalue weighted by atomic mass is 32.2. The summed E-state index contributed by atoms with van der Waals surface area (Å²) in [5.74, 6) is 0.417. The van der Waals surface area contributed by atoms with Crippen LogP contribution in [0.2, 0.25) is 0 Å². The Balaban J connectivity index is 2.76. The van der Waals surface area contributed by atoms with Crippen molar-refractivity contribution in [2.24, 2.45) is 0 Å². The van der Waals surface area contributed by atoms with Crippen LogP contribution in [0, 0.1) is 0 Å². The Morgan fingerprint density at radius 2 is 2.38 bits per heavy atom. The van der Waals surface area contributed by atoms with Crippen molar-refractivity contribution in [3.63, 3.8) is 0 Å². The van der Waals surface area contributed by atoms with Crippen molar-refractivity contribution in [3.05, 3.63) is 6.33 Å². The predicted octanol–water partition coefficient (Wildman–Crippen LogP) is 0.876. The van der Waals surface area contributed by atoms with Crippen LogP contribution >= 0.6 is 11.8 Å². The Bertz CT molecular complexity index is 428. The highest BCUT2D eigenvalue weighted by Crippen LogP contribution is 2.26. The molecule has 2 aromatic rings. The first-order valence-corrected chi connectivity index (χ1v) is 4.72. The minimum atomic E-state index is 0.417. The predicted molar refractivity (Wildman–Crippen MR) is 48.9 cm³/mol. The van der Waals surface area contributed by atoms with Crippen LogP contribution in [-0.4, -0.2) is 31.6 Å². The Labute approximate surface area is 77.7 Å². The van der Waals surface area contributed by atoms with Gasteiger partial charge in [0, 0.05) is 0 Å². The largest absolute Gasteiger partial charge is 0.290 e. The average Bonchev–Trinajstić information content (AvgIpc) is 2.60. The number of aromatic nitrogens is 4. The summed E-state index contributed by atoms with van der Waals surface area (Å²) in [6.45, 7) is 0. The smallest absolute Gasteiger partial charge is 0.187 e. The molecule has 0 aromatic carbocycles. The van der Waals surface area contributed by atoms with Crippen LogP contribution in [-0.2, 0) is 0 Å². The van der Waals surface area contributed by atoms with Gasteiger partial charge in [0.15, 0.2) is 11.5 Å². The molecule has 0 saturated carbocycles. The number of hydrogen-bond acceptors (Lipinski definition) is 6. The molecule has 0 saturated heterocycles. The maximum absolute atomic E-state index is 8.76. The highest BCUT2D eigenvalue weighted by Gasteiger charge is 2.10. The highest BCUT2D eigenvalue weighted by molar-refractivity contribution is 7.98. The SMILES string of the molecule is CSc1ncnc2n[nH]c(NO)c12. The zero-order chi connectivity index (χ0) is 9.26. The molecule has 0 aliphatic carbocycles. The van der Waals surface area contributed by atoms with E-state index in [-0.39, 0.29) is 0 Å². The number of hydrogen-bond donors (Lipinski definition) is 3. The van der Waals surface area contributed by atoms with Crippen LogP contribution in [0.1, 0.15) is 0 Å². The molecule has 0 unspecified atom stereocenters. The molecular weight excluding hydrogens is 190 g/mol. The number of anilines is 1. The van der Waals surface area contributed by atoms with E-state index in [1.807, 2.05) is 11.7 Å². The van der Waals surface area contributed by atoms with Crippen LogP contribution in [0.25, 0.3) is 11.0 Å². The van der Waals surface area contributed by atoms with E-state index in [4.69, 9.17) is 5.21 Å². The number of nitrogens with one attached hydrogen (secondary N) is 2. The monoisotopic (exact) mass is 197 g/mol. The maximum atomic E-state index is 8.76. The standard InChI is InChI=1S/C6H7N5OS/c1-13-6-3-4(7-2-8-6)9-10-5(3)11-12/h2,12H,1H3,(H2,7,8,9,10,11). The fourth-order valence-electron chi connectivity index (χ4n) is 1.06. The van der Waals surface area contributed by atoms with Gasteiger partial charge in [-0.15, -0.1) is 11.8 Å². The summed E-state index contributed by atoms with van der Waals surface area (Å²) in [4.78, 5) is 7.99. The molecular formula is C6H7N5OS. The molecule has 0 aliphatic heterocycles. The van der Waals surface area contributed by atoms with Gasteiger partial charge in [0.25, 0.3) is 0 Å². The summed E-state index contributed by atoms with van der Waals surface area (Å²) in [6, 6.07) is 0. The molecule has 7 heteroatoms. The number of aromatic amines is 1. The third kappa shape index (κ3) is 1.21. The Kier molecular flexibility index (Phi) is 2.03.